The van der Waals surface area contributed by atoms with Gasteiger partial charge in [0, 0.05) is 25.1 Å². The van der Waals surface area contributed by atoms with Crippen molar-refractivity contribution in [1.29, 1.82) is 0 Å². The predicted octanol–water partition coefficient (Wildman–Crippen LogP) is 3.34. The van der Waals surface area contributed by atoms with Gasteiger partial charge in [-0.2, -0.15) is 0 Å². The van der Waals surface area contributed by atoms with Gasteiger partial charge in [-0.3, -0.25) is 9.44 Å². The second-order valence-corrected chi connectivity index (χ2v) is 6.11. The third-order valence-corrected chi connectivity index (χ3v) is 4.16. The average molecular weight is 311 g/mol. The number of benzene rings is 2. The molecule has 23 heavy (non-hydrogen) atoms. The third kappa shape index (κ3) is 2.86. The molecule has 0 saturated carbocycles. The van der Waals surface area contributed by atoms with Crippen LogP contribution in [0.3, 0.4) is 0 Å². The van der Waals surface area contributed by atoms with Gasteiger partial charge in [0.1, 0.15) is 11.3 Å². The van der Waals surface area contributed by atoms with Crippen molar-refractivity contribution in [2.45, 2.75) is 6.42 Å². The number of fused-ring (bicyclic) bond motifs is 2. The van der Waals surface area contributed by atoms with E-state index < -0.39 is 4.65 Å². The standard InChI is InChI=1S/C18H21N3O2/c1-20(2)12-7-13-21(23)16-10-5-3-8-14(16)18(22)19-15-9-4-6-11-17(15)21/h3-6,8-11H,7,12-13H2,1-2H3,(H,19,22). The van der Waals surface area contributed by atoms with Crippen LogP contribution in [-0.4, -0.2) is 38.0 Å². The summed E-state index contributed by atoms with van der Waals surface area (Å²) in [5.74, 6) is -0.225. The summed E-state index contributed by atoms with van der Waals surface area (Å²) in [5.41, 5.74) is 2.13. The molecule has 2 aromatic carbocycles. The fraction of sp³-hybridized carbons (Fsp3) is 0.278. The summed E-state index contributed by atoms with van der Waals surface area (Å²) >= 11 is 0. The van der Waals surface area contributed by atoms with Gasteiger partial charge in [0.2, 0.25) is 0 Å². The normalized spacial score (nSPS) is 19.7. The van der Waals surface area contributed by atoms with Crippen molar-refractivity contribution in [2.75, 3.05) is 32.5 Å². The smallest absolute Gasteiger partial charge is 0.261 e. The van der Waals surface area contributed by atoms with E-state index in [2.05, 4.69) is 10.2 Å². The van der Waals surface area contributed by atoms with Gasteiger partial charge in [-0.05, 0) is 26.2 Å². The molecule has 0 bridgehead atoms. The number of carbonyl (C=O) groups is 1. The number of nitrogens with zero attached hydrogens (tertiary/aromatic N) is 2. The summed E-state index contributed by atoms with van der Waals surface area (Å²) < 4.78 is -0.612. The Bertz CT molecular complexity index is 730. The lowest BCUT2D eigenvalue weighted by molar-refractivity contribution is 0.102. The minimum absolute atomic E-state index is 0.225. The SMILES string of the molecule is CN(C)CCC[N+]1([O-])c2ccccc2NC(=O)c2ccccc21. The van der Waals surface area contributed by atoms with E-state index in [1.165, 1.54) is 0 Å². The zero-order valence-corrected chi connectivity index (χ0v) is 13.5. The van der Waals surface area contributed by atoms with Gasteiger partial charge < -0.3 is 15.4 Å². The topological polar surface area (TPSA) is 55.4 Å². The molecule has 5 nitrogen and oxygen atoms in total. The average Bonchev–Trinajstić information content (AvgIpc) is 2.63. The van der Waals surface area contributed by atoms with Crippen LogP contribution >= 0.6 is 0 Å². The number of carbonyl (C=O) groups excluding carboxylic acids is 1. The van der Waals surface area contributed by atoms with Crippen molar-refractivity contribution < 1.29 is 4.79 Å². The summed E-state index contributed by atoms with van der Waals surface area (Å²) in [4.78, 5) is 14.5. The van der Waals surface area contributed by atoms with Gasteiger partial charge in [-0.15, -0.1) is 0 Å². The first-order valence-electron chi connectivity index (χ1n) is 7.77. The number of hydrogen-bond donors (Lipinski definition) is 1. The van der Waals surface area contributed by atoms with Gasteiger partial charge >= 0.3 is 0 Å². The molecule has 0 aliphatic carbocycles. The van der Waals surface area contributed by atoms with Crippen LogP contribution in [0.4, 0.5) is 17.1 Å². The van der Waals surface area contributed by atoms with Crippen molar-refractivity contribution in [3.8, 4) is 0 Å². The highest BCUT2D eigenvalue weighted by Crippen LogP contribution is 2.43. The molecular formula is C18H21N3O2. The van der Waals surface area contributed by atoms with Crippen LogP contribution in [-0.2, 0) is 0 Å². The molecule has 1 heterocycles. The molecule has 3 rings (SSSR count). The molecule has 1 aliphatic heterocycles. The van der Waals surface area contributed by atoms with Crippen molar-refractivity contribution in [3.05, 3.63) is 59.3 Å². The number of amides is 1. The Labute approximate surface area is 136 Å². The number of quaternary nitrogens is 1. The Kier molecular flexibility index (Phi) is 4.17. The highest BCUT2D eigenvalue weighted by molar-refractivity contribution is 6.11. The van der Waals surface area contributed by atoms with Gasteiger partial charge in [0.25, 0.3) is 5.91 Å². The summed E-state index contributed by atoms with van der Waals surface area (Å²) in [6, 6.07) is 14.4. The molecule has 1 unspecified atom stereocenters. The number of anilines is 1. The van der Waals surface area contributed by atoms with E-state index in [1.807, 2.05) is 32.3 Å². The Hall–Kier alpha value is -2.21. The second-order valence-electron chi connectivity index (χ2n) is 6.11. The molecule has 0 radical (unpaired) electrons. The van der Waals surface area contributed by atoms with Gasteiger partial charge in [0.15, 0.2) is 11.4 Å². The van der Waals surface area contributed by atoms with E-state index in [-0.39, 0.29) is 5.91 Å². The Balaban J connectivity index is 2.12. The first kappa shape index (κ1) is 15.7. The van der Waals surface area contributed by atoms with Crippen LogP contribution in [0.15, 0.2) is 48.5 Å². The maximum Gasteiger partial charge on any atom is 0.261 e. The van der Waals surface area contributed by atoms with Crippen LogP contribution in [0.2, 0.25) is 0 Å². The van der Waals surface area contributed by atoms with Crippen molar-refractivity contribution in [2.24, 2.45) is 0 Å². The lowest BCUT2D eigenvalue weighted by Crippen LogP contribution is -2.40. The first-order valence-corrected chi connectivity index (χ1v) is 7.77. The van der Waals surface area contributed by atoms with E-state index in [9.17, 15) is 10.0 Å². The molecule has 1 amide bonds. The zero-order chi connectivity index (χ0) is 16.4. The maximum absolute atomic E-state index is 13.8. The van der Waals surface area contributed by atoms with Crippen LogP contribution in [0, 0.1) is 5.21 Å². The fourth-order valence-electron chi connectivity index (χ4n) is 3.04. The summed E-state index contributed by atoms with van der Waals surface area (Å²) in [7, 11) is 3.98. The molecule has 0 fully saturated rings. The Morgan fingerprint density at radius 3 is 2.43 bits per heavy atom. The lowest BCUT2D eigenvalue weighted by atomic mass is 10.1. The monoisotopic (exact) mass is 311 g/mol. The van der Waals surface area contributed by atoms with E-state index in [1.54, 1.807) is 30.3 Å². The van der Waals surface area contributed by atoms with Gasteiger partial charge in [0.05, 0.1) is 6.54 Å². The number of para-hydroxylation sites is 3. The minimum atomic E-state index is -0.612. The molecule has 1 atom stereocenters. The van der Waals surface area contributed by atoms with Crippen molar-refractivity contribution in [3.63, 3.8) is 0 Å². The van der Waals surface area contributed by atoms with Crippen LogP contribution in [0.25, 0.3) is 0 Å². The summed E-state index contributed by atoms with van der Waals surface area (Å²) in [6.45, 7) is 1.22. The zero-order valence-electron chi connectivity index (χ0n) is 13.5. The fourth-order valence-corrected chi connectivity index (χ4v) is 3.04. The van der Waals surface area contributed by atoms with E-state index in [4.69, 9.17) is 0 Å². The van der Waals surface area contributed by atoms with E-state index in [0.29, 0.717) is 29.2 Å². The number of nitrogens with one attached hydrogen (secondary N) is 1. The molecular weight excluding hydrogens is 290 g/mol. The Morgan fingerprint density at radius 1 is 1.04 bits per heavy atom. The van der Waals surface area contributed by atoms with Gasteiger partial charge in [-0.25, -0.2) is 0 Å². The van der Waals surface area contributed by atoms with Gasteiger partial charge in [-0.1, -0.05) is 24.3 Å². The Morgan fingerprint density at radius 2 is 1.70 bits per heavy atom. The number of hydrogen-bond acceptors (Lipinski definition) is 3. The van der Waals surface area contributed by atoms with Crippen LogP contribution < -0.4 is 9.96 Å². The first-order chi connectivity index (χ1) is 11.0. The van der Waals surface area contributed by atoms with Crippen LogP contribution in [0.5, 0.6) is 0 Å². The van der Waals surface area contributed by atoms with Crippen molar-refractivity contribution >= 4 is 23.0 Å². The number of hydroxylamine groups is 1. The molecule has 120 valence electrons. The highest BCUT2D eigenvalue weighted by atomic mass is 16.5. The molecule has 1 aliphatic rings. The molecule has 0 aromatic heterocycles. The second kappa shape index (κ2) is 6.12. The lowest BCUT2D eigenvalue weighted by Gasteiger charge is -2.42. The molecule has 0 saturated heterocycles. The van der Waals surface area contributed by atoms with E-state index >= 15 is 0 Å². The predicted molar refractivity (Wildman–Crippen MR) is 93.7 cm³/mol. The summed E-state index contributed by atoms with van der Waals surface area (Å²) in [5, 5.41) is 16.7. The molecule has 2 aromatic rings. The van der Waals surface area contributed by atoms with E-state index in [0.717, 1.165) is 13.0 Å². The summed E-state index contributed by atoms with van der Waals surface area (Å²) in [6.07, 6.45) is 0.743. The third-order valence-electron chi connectivity index (χ3n) is 4.16. The molecule has 5 heteroatoms. The molecule has 0 spiro atoms. The van der Waals surface area contributed by atoms with Crippen LogP contribution in [0.1, 0.15) is 16.8 Å². The van der Waals surface area contributed by atoms with Crippen molar-refractivity contribution in [1.82, 2.24) is 9.55 Å². The quantitative estimate of drug-likeness (QED) is 0.696. The molecule has 1 N–H and O–H groups in total. The maximum atomic E-state index is 13.8. The largest absolute Gasteiger partial charge is 0.622 e. The number of rotatable bonds is 4. The minimum Gasteiger partial charge on any atom is -0.622 e. The highest BCUT2D eigenvalue weighted by Gasteiger charge is 2.34.